The van der Waals surface area contributed by atoms with Crippen LogP contribution in [0.1, 0.15) is 44.3 Å². The summed E-state index contributed by atoms with van der Waals surface area (Å²) in [6.45, 7) is 7.91. The van der Waals surface area contributed by atoms with E-state index in [1.807, 2.05) is 45.0 Å². The van der Waals surface area contributed by atoms with Crippen LogP contribution < -0.4 is 10.1 Å². The number of amides is 1. The molecule has 1 amide bonds. The summed E-state index contributed by atoms with van der Waals surface area (Å²) in [5.41, 5.74) is 0.711. The van der Waals surface area contributed by atoms with E-state index >= 15 is 0 Å². The average molecular weight is 358 g/mol. The smallest absolute Gasteiger partial charge is 0.241 e. The number of likely N-dealkylation sites (tertiary alicyclic amines) is 1. The van der Waals surface area contributed by atoms with Crippen molar-refractivity contribution in [1.29, 1.82) is 0 Å². The van der Waals surface area contributed by atoms with Crippen LogP contribution in [0.5, 0.6) is 5.75 Å². The van der Waals surface area contributed by atoms with Crippen LogP contribution in [0.4, 0.5) is 5.69 Å². The molecule has 0 spiro atoms. The van der Waals surface area contributed by atoms with Crippen LogP contribution in [0.25, 0.3) is 0 Å². The molecule has 26 heavy (non-hydrogen) atoms. The number of aryl methyl sites for hydroxylation is 1. The molecule has 1 N–H and O–H groups in total. The van der Waals surface area contributed by atoms with E-state index in [9.17, 15) is 4.79 Å². The highest BCUT2D eigenvalue weighted by Gasteiger charge is 2.29. The minimum absolute atomic E-state index is 0.0239. The maximum atomic E-state index is 12.7. The van der Waals surface area contributed by atoms with Crippen LogP contribution in [0.3, 0.4) is 0 Å². The summed E-state index contributed by atoms with van der Waals surface area (Å²) in [5.74, 6) is 2.33. The Labute approximate surface area is 153 Å². The van der Waals surface area contributed by atoms with Crippen molar-refractivity contribution in [3.05, 3.63) is 36.0 Å². The van der Waals surface area contributed by atoms with E-state index in [1.54, 1.807) is 0 Å². The van der Waals surface area contributed by atoms with Gasteiger partial charge in [-0.2, -0.15) is 4.98 Å². The van der Waals surface area contributed by atoms with Crippen molar-refractivity contribution in [2.75, 3.05) is 25.0 Å². The Hall–Kier alpha value is -2.41. The minimum atomic E-state index is -0.213. The fraction of sp³-hybridized carbons (Fsp3) is 0.526. The number of nitrogens with one attached hydrogen (secondary N) is 1. The molecule has 140 valence electrons. The standard InChI is InChI=1S/C19H26N4O3/c1-4-25-17-8-6-5-7-16(17)21-18(24)13(2)23-11-9-15(10-12-23)19-20-14(3)22-26-19/h5-8,13,15H,4,9-12H2,1-3H3,(H,21,24). The zero-order chi connectivity index (χ0) is 18.5. The average Bonchev–Trinajstić information content (AvgIpc) is 3.09. The SMILES string of the molecule is CCOc1ccccc1NC(=O)C(C)N1CCC(c2nc(C)no2)CC1. The van der Waals surface area contributed by atoms with Crippen molar-refractivity contribution in [2.24, 2.45) is 0 Å². The molecule has 1 saturated heterocycles. The van der Waals surface area contributed by atoms with Gasteiger partial charge in [0.2, 0.25) is 11.8 Å². The van der Waals surface area contributed by atoms with Crippen molar-refractivity contribution < 1.29 is 14.1 Å². The summed E-state index contributed by atoms with van der Waals surface area (Å²) in [6, 6.07) is 7.30. The molecule has 1 aromatic heterocycles. The van der Waals surface area contributed by atoms with E-state index in [0.717, 1.165) is 25.9 Å². The monoisotopic (exact) mass is 358 g/mol. The molecular formula is C19H26N4O3. The topological polar surface area (TPSA) is 80.5 Å². The number of ether oxygens (including phenoxy) is 1. The van der Waals surface area contributed by atoms with Gasteiger partial charge in [-0.25, -0.2) is 0 Å². The van der Waals surface area contributed by atoms with Crippen molar-refractivity contribution >= 4 is 11.6 Å². The molecule has 0 bridgehead atoms. The molecule has 1 atom stereocenters. The number of benzene rings is 1. The minimum Gasteiger partial charge on any atom is -0.492 e. The zero-order valence-corrected chi connectivity index (χ0v) is 15.6. The van der Waals surface area contributed by atoms with Gasteiger partial charge in [0.05, 0.1) is 18.3 Å². The third-order valence-electron chi connectivity index (χ3n) is 4.79. The largest absolute Gasteiger partial charge is 0.492 e. The van der Waals surface area contributed by atoms with Gasteiger partial charge in [-0.05, 0) is 58.8 Å². The lowest BCUT2D eigenvalue weighted by atomic mass is 9.95. The van der Waals surface area contributed by atoms with E-state index in [2.05, 4.69) is 20.4 Å². The summed E-state index contributed by atoms with van der Waals surface area (Å²) in [7, 11) is 0. The highest BCUT2D eigenvalue weighted by atomic mass is 16.5. The van der Waals surface area contributed by atoms with Crippen LogP contribution in [-0.4, -0.2) is 46.7 Å². The van der Waals surface area contributed by atoms with Gasteiger partial charge in [0, 0.05) is 5.92 Å². The van der Waals surface area contributed by atoms with Crippen molar-refractivity contribution in [2.45, 2.75) is 45.6 Å². The first-order valence-corrected chi connectivity index (χ1v) is 9.15. The summed E-state index contributed by atoms with van der Waals surface area (Å²) in [5, 5.41) is 6.86. The van der Waals surface area contributed by atoms with E-state index in [-0.39, 0.29) is 17.9 Å². The van der Waals surface area contributed by atoms with Gasteiger partial charge >= 0.3 is 0 Å². The van der Waals surface area contributed by atoms with Gasteiger partial charge in [-0.1, -0.05) is 17.3 Å². The Balaban J connectivity index is 1.56. The number of carbonyl (C=O) groups excluding carboxylic acids is 1. The van der Waals surface area contributed by atoms with E-state index < -0.39 is 0 Å². The van der Waals surface area contributed by atoms with Gasteiger partial charge in [0.15, 0.2) is 5.82 Å². The van der Waals surface area contributed by atoms with Gasteiger partial charge in [-0.3, -0.25) is 9.69 Å². The molecule has 1 fully saturated rings. The lowest BCUT2D eigenvalue weighted by Gasteiger charge is -2.34. The molecule has 0 radical (unpaired) electrons. The number of piperidine rings is 1. The second kappa shape index (κ2) is 8.31. The van der Waals surface area contributed by atoms with Crippen LogP contribution in [-0.2, 0) is 4.79 Å². The molecule has 1 aliphatic rings. The van der Waals surface area contributed by atoms with Crippen molar-refractivity contribution in [3.8, 4) is 5.75 Å². The molecule has 0 saturated carbocycles. The summed E-state index contributed by atoms with van der Waals surface area (Å²) in [6.07, 6.45) is 1.82. The number of para-hydroxylation sites is 2. The Bertz CT molecular complexity index is 738. The number of hydrogen-bond acceptors (Lipinski definition) is 6. The van der Waals surface area contributed by atoms with Crippen molar-refractivity contribution in [3.63, 3.8) is 0 Å². The third kappa shape index (κ3) is 4.22. The molecule has 2 heterocycles. The second-order valence-electron chi connectivity index (χ2n) is 6.58. The summed E-state index contributed by atoms with van der Waals surface area (Å²) < 4.78 is 10.9. The number of anilines is 1. The van der Waals surface area contributed by atoms with Crippen LogP contribution in [0.2, 0.25) is 0 Å². The first kappa shape index (κ1) is 18.4. The molecular weight excluding hydrogens is 332 g/mol. The lowest BCUT2D eigenvalue weighted by molar-refractivity contribution is -0.121. The van der Waals surface area contributed by atoms with E-state index in [1.165, 1.54) is 0 Å². The Morgan fingerprint density at radius 1 is 1.38 bits per heavy atom. The molecule has 1 unspecified atom stereocenters. The number of rotatable bonds is 6. The molecule has 0 aliphatic carbocycles. The highest BCUT2D eigenvalue weighted by molar-refractivity contribution is 5.95. The zero-order valence-electron chi connectivity index (χ0n) is 15.6. The molecule has 1 aliphatic heterocycles. The predicted octanol–water partition coefficient (Wildman–Crippen LogP) is 2.98. The van der Waals surface area contributed by atoms with Gasteiger partial charge in [0.25, 0.3) is 0 Å². The number of hydrogen-bond donors (Lipinski definition) is 1. The van der Waals surface area contributed by atoms with E-state index in [4.69, 9.17) is 9.26 Å². The number of aromatic nitrogens is 2. The first-order valence-electron chi connectivity index (χ1n) is 9.15. The molecule has 7 nitrogen and oxygen atoms in total. The van der Waals surface area contributed by atoms with E-state index in [0.29, 0.717) is 29.8 Å². The van der Waals surface area contributed by atoms with Crippen LogP contribution in [0.15, 0.2) is 28.8 Å². The fourth-order valence-electron chi connectivity index (χ4n) is 3.27. The van der Waals surface area contributed by atoms with Crippen LogP contribution in [0, 0.1) is 6.92 Å². The normalized spacial score (nSPS) is 17.0. The quantitative estimate of drug-likeness (QED) is 0.855. The van der Waals surface area contributed by atoms with Crippen molar-refractivity contribution in [1.82, 2.24) is 15.0 Å². The maximum absolute atomic E-state index is 12.7. The number of nitrogens with zero attached hydrogens (tertiary/aromatic N) is 3. The van der Waals surface area contributed by atoms with Gasteiger partial charge < -0.3 is 14.6 Å². The first-order chi connectivity index (χ1) is 12.6. The predicted molar refractivity (Wildman–Crippen MR) is 98.3 cm³/mol. The Kier molecular flexibility index (Phi) is 5.88. The fourth-order valence-corrected chi connectivity index (χ4v) is 3.27. The summed E-state index contributed by atoms with van der Waals surface area (Å²) >= 11 is 0. The Morgan fingerprint density at radius 2 is 2.12 bits per heavy atom. The third-order valence-corrected chi connectivity index (χ3v) is 4.79. The molecule has 1 aromatic carbocycles. The van der Waals surface area contributed by atoms with Gasteiger partial charge in [0.1, 0.15) is 5.75 Å². The molecule has 2 aromatic rings. The molecule has 3 rings (SSSR count). The Morgan fingerprint density at radius 3 is 2.77 bits per heavy atom. The highest BCUT2D eigenvalue weighted by Crippen LogP contribution is 2.28. The lowest BCUT2D eigenvalue weighted by Crippen LogP contribution is -2.45. The van der Waals surface area contributed by atoms with Crippen LogP contribution >= 0.6 is 0 Å². The second-order valence-corrected chi connectivity index (χ2v) is 6.58. The summed E-state index contributed by atoms with van der Waals surface area (Å²) in [4.78, 5) is 19.2. The maximum Gasteiger partial charge on any atom is 0.241 e. The molecule has 7 heteroatoms. The number of carbonyl (C=O) groups is 1. The van der Waals surface area contributed by atoms with Gasteiger partial charge in [-0.15, -0.1) is 0 Å².